The first-order valence-corrected chi connectivity index (χ1v) is 4.44. The summed E-state index contributed by atoms with van der Waals surface area (Å²) in [6.45, 7) is 1.84. The average Bonchev–Trinajstić information content (AvgIpc) is 2.19. The first-order valence-electron chi connectivity index (χ1n) is 4.44. The topological polar surface area (TPSA) is 39.2 Å². The van der Waals surface area contributed by atoms with Crippen LogP contribution in [0.5, 0.6) is 0 Å². The van der Waals surface area contributed by atoms with E-state index in [0.29, 0.717) is 5.69 Å². The molecule has 0 radical (unpaired) electrons. The first kappa shape index (κ1) is 10.6. The summed E-state index contributed by atoms with van der Waals surface area (Å²) in [6, 6.07) is 5.16. The SMILES string of the molecule is CCOC(=O)C(F)Cc1ccccn1. The van der Waals surface area contributed by atoms with Gasteiger partial charge >= 0.3 is 5.97 Å². The smallest absolute Gasteiger partial charge is 0.341 e. The van der Waals surface area contributed by atoms with E-state index in [1.165, 1.54) is 0 Å². The van der Waals surface area contributed by atoms with Crippen LogP contribution in [0, 0.1) is 0 Å². The van der Waals surface area contributed by atoms with E-state index in [2.05, 4.69) is 9.72 Å². The van der Waals surface area contributed by atoms with Gasteiger partial charge in [0.25, 0.3) is 0 Å². The number of pyridine rings is 1. The third-order valence-electron chi connectivity index (χ3n) is 1.66. The Balaban J connectivity index is 2.49. The molecule has 3 nitrogen and oxygen atoms in total. The molecule has 0 saturated carbocycles. The third kappa shape index (κ3) is 3.12. The van der Waals surface area contributed by atoms with Crippen LogP contribution in [0.3, 0.4) is 0 Å². The fourth-order valence-corrected chi connectivity index (χ4v) is 1.02. The Morgan fingerprint density at radius 3 is 3.00 bits per heavy atom. The van der Waals surface area contributed by atoms with Gasteiger partial charge in [0.15, 0.2) is 0 Å². The molecule has 0 saturated heterocycles. The highest BCUT2D eigenvalue weighted by atomic mass is 19.1. The summed E-state index contributed by atoms with van der Waals surface area (Å²) in [4.78, 5) is 14.8. The number of alkyl halides is 1. The molecule has 76 valence electrons. The standard InChI is InChI=1S/C10H12FNO2/c1-2-14-10(13)9(11)7-8-5-3-4-6-12-8/h3-6,9H,2,7H2,1H3. The van der Waals surface area contributed by atoms with Crippen LogP contribution < -0.4 is 0 Å². The van der Waals surface area contributed by atoms with Crippen molar-refractivity contribution in [3.05, 3.63) is 30.1 Å². The maximum Gasteiger partial charge on any atom is 0.341 e. The molecule has 0 amide bonds. The molecular weight excluding hydrogens is 185 g/mol. The van der Waals surface area contributed by atoms with Gasteiger partial charge in [-0.3, -0.25) is 4.98 Å². The van der Waals surface area contributed by atoms with Crippen LogP contribution in [-0.4, -0.2) is 23.7 Å². The summed E-state index contributed by atoms with van der Waals surface area (Å²) in [5.74, 6) is -0.821. The first-order chi connectivity index (χ1) is 6.74. The quantitative estimate of drug-likeness (QED) is 0.687. The van der Waals surface area contributed by atoms with Gasteiger partial charge in [-0.1, -0.05) is 6.07 Å². The van der Waals surface area contributed by atoms with Crippen LogP contribution in [0.1, 0.15) is 12.6 Å². The predicted octanol–water partition coefficient (Wildman–Crippen LogP) is 1.53. The van der Waals surface area contributed by atoms with Gasteiger partial charge in [-0.2, -0.15) is 0 Å². The van der Waals surface area contributed by atoms with Crippen molar-refractivity contribution in [3.63, 3.8) is 0 Å². The van der Waals surface area contributed by atoms with E-state index >= 15 is 0 Å². The van der Waals surface area contributed by atoms with Gasteiger partial charge in [0.2, 0.25) is 6.17 Å². The van der Waals surface area contributed by atoms with E-state index in [1.807, 2.05) is 0 Å². The number of nitrogens with zero attached hydrogens (tertiary/aromatic N) is 1. The summed E-state index contributed by atoms with van der Waals surface area (Å²) in [6.07, 6.45) is -0.0859. The van der Waals surface area contributed by atoms with Gasteiger partial charge in [0.05, 0.1) is 6.61 Å². The van der Waals surface area contributed by atoms with Crippen molar-refractivity contribution in [2.24, 2.45) is 0 Å². The molecule has 1 aromatic heterocycles. The zero-order valence-electron chi connectivity index (χ0n) is 7.94. The number of ether oxygens (including phenoxy) is 1. The summed E-state index contributed by atoms with van der Waals surface area (Å²) < 4.78 is 17.7. The Labute approximate surface area is 81.9 Å². The Bertz CT molecular complexity index is 289. The van der Waals surface area contributed by atoms with Gasteiger partial charge in [-0.05, 0) is 19.1 Å². The molecule has 0 aromatic carbocycles. The predicted molar refractivity (Wildman–Crippen MR) is 49.5 cm³/mol. The Morgan fingerprint density at radius 1 is 1.64 bits per heavy atom. The molecule has 1 aromatic rings. The van der Waals surface area contributed by atoms with E-state index in [4.69, 9.17) is 0 Å². The fraction of sp³-hybridized carbons (Fsp3) is 0.400. The molecule has 0 fully saturated rings. The van der Waals surface area contributed by atoms with Crippen molar-refractivity contribution in [2.75, 3.05) is 6.61 Å². The number of carbonyl (C=O) groups is 1. The number of rotatable bonds is 4. The molecule has 1 rings (SSSR count). The van der Waals surface area contributed by atoms with Gasteiger partial charge < -0.3 is 4.74 Å². The highest BCUT2D eigenvalue weighted by molar-refractivity contribution is 5.74. The van der Waals surface area contributed by atoms with Gasteiger partial charge in [0, 0.05) is 18.3 Å². The van der Waals surface area contributed by atoms with Crippen molar-refractivity contribution in [2.45, 2.75) is 19.5 Å². The minimum atomic E-state index is -1.62. The van der Waals surface area contributed by atoms with Crippen LogP contribution in [0.25, 0.3) is 0 Å². The number of halogens is 1. The van der Waals surface area contributed by atoms with Crippen LogP contribution >= 0.6 is 0 Å². The van der Waals surface area contributed by atoms with Crippen molar-refractivity contribution < 1.29 is 13.9 Å². The third-order valence-corrected chi connectivity index (χ3v) is 1.66. The highest BCUT2D eigenvalue weighted by Crippen LogP contribution is 2.04. The summed E-state index contributed by atoms with van der Waals surface area (Å²) in [5, 5.41) is 0. The molecule has 1 unspecified atom stereocenters. The Hall–Kier alpha value is -1.45. The lowest BCUT2D eigenvalue weighted by Gasteiger charge is -2.06. The molecule has 0 aliphatic heterocycles. The lowest BCUT2D eigenvalue weighted by Crippen LogP contribution is -2.21. The van der Waals surface area contributed by atoms with E-state index in [0.717, 1.165) is 0 Å². The lowest BCUT2D eigenvalue weighted by atomic mass is 10.2. The summed E-state index contributed by atoms with van der Waals surface area (Å²) in [7, 11) is 0. The second-order valence-electron chi connectivity index (χ2n) is 2.74. The lowest BCUT2D eigenvalue weighted by molar-refractivity contribution is -0.149. The van der Waals surface area contributed by atoms with E-state index in [1.54, 1.807) is 31.3 Å². The fourth-order valence-electron chi connectivity index (χ4n) is 1.02. The van der Waals surface area contributed by atoms with Gasteiger partial charge in [0.1, 0.15) is 0 Å². The zero-order chi connectivity index (χ0) is 10.4. The number of hydrogen-bond donors (Lipinski definition) is 0. The van der Waals surface area contributed by atoms with Crippen molar-refractivity contribution in [3.8, 4) is 0 Å². The van der Waals surface area contributed by atoms with Crippen LogP contribution in [0.4, 0.5) is 4.39 Å². The molecular formula is C10H12FNO2. The minimum Gasteiger partial charge on any atom is -0.464 e. The zero-order valence-corrected chi connectivity index (χ0v) is 7.94. The molecule has 14 heavy (non-hydrogen) atoms. The molecule has 4 heteroatoms. The number of hydrogen-bond acceptors (Lipinski definition) is 3. The summed E-state index contributed by atoms with van der Waals surface area (Å²) >= 11 is 0. The molecule has 0 N–H and O–H groups in total. The van der Waals surface area contributed by atoms with Crippen molar-refractivity contribution in [1.82, 2.24) is 4.98 Å². The van der Waals surface area contributed by atoms with Crippen LogP contribution in [0.15, 0.2) is 24.4 Å². The van der Waals surface area contributed by atoms with E-state index < -0.39 is 12.1 Å². The maximum atomic E-state index is 13.2. The number of esters is 1. The molecule has 0 spiro atoms. The summed E-state index contributed by atoms with van der Waals surface area (Å²) in [5.41, 5.74) is 0.549. The second-order valence-corrected chi connectivity index (χ2v) is 2.74. The average molecular weight is 197 g/mol. The van der Waals surface area contributed by atoms with Crippen molar-refractivity contribution >= 4 is 5.97 Å². The van der Waals surface area contributed by atoms with Crippen molar-refractivity contribution in [1.29, 1.82) is 0 Å². The van der Waals surface area contributed by atoms with Crippen LogP contribution in [-0.2, 0) is 16.0 Å². The Morgan fingerprint density at radius 2 is 2.43 bits per heavy atom. The van der Waals surface area contributed by atoms with Gasteiger partial charge in [-0.25, -0.2) is 9.18 Å². The molecule has 0 bridgehead atoms. The second kappa shape index (κ2) is 5.32. The number of carbonyl (C=O) groups excluding carboxylic acids is 1. The molecule has 0 aliphatic rings. The van der Waals surface area contributed by atoms with Gasteiger partial charge in [-0.15, -0.1) is 0 Å². The molecule has 1 heterocycles. The largest absolute Gasteiger partial charge is 0.464 e. The molecule has 0 aliphatic carbocycles. The van der Waals surface area contributed by atoms with E-state index in [9.17, 15) is 9.18 Å². The minimum absolute atomic E-state index is 0.0281. The Kier molecular flexibility index (Phi) is 4.04. The normalized spacial score (nSPS) is 12.1. The monoisotopic (exact) mass is 197 g/mol. The van der Waals surface area contributed by atoms with E-state index in [-0.39, 0.29) is 13.0 Å². The number of aromatic nitrogens is 1. The molecule has 1 atom stereocenters. The van der Waals surface area contributed by atoms with Crippen LogP contribution in [0.2, 0.25) is 0 Å². The maximum absolute atomic E-state index is 13.2. The highest BCUT2D eigenvalue weighted by Gasteiger charge is 2.19.